The van der Waals surface area contributed by atoms with Crippen molar-refractivity contribution in [2.24, 2.45) is 5.10 Å². The number of rotatable bonds is 5. The summed E-state index contributed by atoms with van der Waals surface area (Å²) in [5, 5.41) is 45.3. The van der Waals surface area contributed by atoms with Crippen LogP contribution < -0.4 is 5.43 Å². The molecular weight excluding hydrogens is 316 g/mol. The molecule has 0 unspecified atom stereocenters. The number of thioether (sulfide) groups is 1. The Morgan fingerprint density at radius 3 is 2.22 bits per heavy atom. The molecule has 4 atom stereocenters. The van der Waals surface area contributed by atoms with Gasteiger partial charge in [-0.2, -0.15) is 5.10 Å². The standard InChI is InChI=1S/C16H24N2O4S/c1-10-5-7-11(8-6-10)12-17-18-13(23-12)15(3,21)16(4,22)14(2,20)9-19/h5-8,13,18-22H,9H2,1-4H3/t13-,14-,15+,16-/m1/s1. The van der Waals surface area contributed by atoms with Gasteiger partial charge in [0.15, 0.2) is 0 Å². The Balaban J connectivity index is 2.20. The molecule has 2 rings (SSSR count). The maximum absolute atomic E-state index is 10.8. The Bertz CT molecular complexity index is 597. The van der Waals surface area contributed by atoms with Gasteiger partial charge in [-0.15, -0.1) is 0 Å². The molecule has 1 aromatic carbocycles. The number of aryl methyl sites for hydroxylation is 1. The first-order valence-corrected chi connectivity index (χ1v) is 8.26. The van der Waals surface area contributed by atoms with Crippen LogP contribution in [0, 0.1) is 6.92 Å². The second-order valence-electron chi connectivity index (χ2n) is 6.56. The number of hydrogen-bond donors (Lipinski definition) is 5. The maximum atomic E-state index is 10.8. The molecule has 7 heteroatoms. The molecule has 0 saturated heterocycles. The Kier molecular flexibility index (Phi) is 4.81. The molecule has 1 aliphatic rings. The summed E-state index contributed by atoms with van der Waals surface area (Å²) >= 11 is 1.27. The number of hydrogen-bond acceptors (Lipinski definition) is 7. The lowest BCUT2D eigenvalue weighted by molar-refractivity contribution is -0.236. The van der Waals surface area contributed by atoms with Crippen molar-refractivity contribution in [3.63, 3.8) is 0 Å². The smallest absolute Gasteiger partial charge is 0.127 e. The fourth-order valence-electron chi connectivity index (χ4n) is 2.31. The van der Waals surface area contributed by atoms with Gasteiger partial charge in [0.2, 0.25) is 0 Å². The maximum Gasteiger partial charge on any atom is 0.127 e. The van der Waals surface area contributed by atoms with Gasteiger partial charge in [-0.25, -0.2) is 0 Å². The van der Waals surface area contributed by atoms with Crippen LogP contribution in [0.1, 0.15) is 31.9 Å². The number of benzene rings is 1. The molecule has 1 aliphatic heterocycles. The molecule has 0 aromatic heterocycles. The van der Waals surface area contributed by atoms with Gasteiger partial charge in [-0.05, 0) is 27.7 Å². The van der Waals surface area contributed by atoms with Crippen molar-refractivity contribution in [3.05, 3.63) is 35.4 Å². The molecule has 128 valence electrons. The first kappa shape index (κ1) is 18.2. The molecule has 0 bridgehead atoms. The highest BCUT2D eigenvalue weighted by Gasteiger charge is 2.58. The van der Waals surface area contributed by atoms with Crippen LogP contribution in [-0.4, -0.2) is 54.3 Å². The summed E-state index contributed by atoms with van der Waals surface area (Å²) in [6.07, 6.45) is 0. The SMILES string of the molecule is Cc1ccc(C2=NN[C@@H]([C@](C)(O)[C@](C)(O)[C@](C)(O)CO)S2)cc1. The molecule has 0 fully saturated rings. The van der Waals surface area contributed by atoms with E-state index in [1.165, 1.54) is 32.5 Å². The van der Waals surface area contributed by atoms with Crippen LogP contribution in [0.4, 0.5) is 0 Å². The molecule has 5 N–H and O–H groups in total. The van der Waals surface area contributed by atoms with Crippen molar-refractivity contribution >= 4 is 16.8 Å². The summed E-state index contributed by atoms with van der Waals surface area (Å²) in [5.74, 6) is 0. The van der Waals surface area contributed by atoms with Crippen LogP contribution in [-0.2, 0) is 0 Å². The quantitative estimate of drug-likeness (QED) is 0.537. The van der Waals surface area contributed by atoms with Gasteiger partial charge in [0, 0.05) is 5.56 Å². The Hall–Kier alpha value is -1.12. The van der Waals surface area contributed by atoms with E-state index >= 15 is 0 Å². The number of nitrogens with zero attached hydrogens (tertiary/aromatic N) is 1. The minimum absolute atomic E-state index is 0.674. The fraction of sp³-hybridized carbons (Fsp3) is 0.562. The molecule has 0 radical (unpaired) electrons. The van der Waals surface area contributed by atoms with Crippen molar-refractivity contribution in [2.75, 3.05) is 6.61 Å². The second-order valence-corrected chi connectivity index (χ2v) is 7.66. The second kappa shape index (κ2) is 6.07. The molecule has 6 nitrogen and oxygen atoms in total. The number of aliphatic hydroxyl groups excluding tert-OH is 1. The van der Waals surface area contributed by atoms with Crippen molar-refractivity contribution in [1.29, 1.82) is 0 Å². The number of nitrogens with one attached hydrogen (secondary N) is 1. The zero-order valence-corrected chi connectivity index (χ0v) is 14.6. The van der Waals surface area contributed by atoms with Crippen molar-refractivity contribution in [1.82, 2.24) is 5.43 Å². The van der Waals surface area contributed by atoms with Crippen LogP contribution in [0.25, 0.3) is 0 Å². The lowest BCUT2D eigenvalue weighted by atomic mass is 9.73. The van der Waals surface area contributed by atoms with Crippen molar-refractivity contribution in [2.45, 2.75) is 49.9 Å². The van der Waals surface area contributed by atoms with Gasteiger partial charge in [0.25, 0.3) is 0 Å². The summed E-state index contributed by atoms with van der Waals surface area (Å²) < 4.78 is 0. The largest absolute Gasteiger partial charge is 0.393 e. The van der Waals surface area contributed by atoms with E-state index in [0.717, 1.165) is 11.1 Å². The molecule has 0 spiro atoms. The highest BCUT2D eigenvalue weighted by atomic mass is 32.2. The van der Waals surface area contributed by atoms with Gasteiger partial charge < -0.3 is 20.4 Å². The van der Waals surface area contributed by atoms with Crippen LogP contribution in [0.15, 0.2) is 29.4 Å². The summed E-state index contributed by atoms with van der Waals surface area (Å²) in [6, 6.07) is 7.80. The topological polar surface area (TPSA) is 105 Å². The predicted octanol–water partition coefficient (Wildman–Crippen LogP) is 0.564. The van der Waals surface area contributed by atoms with E-state index in [-0.39, 0.29) is 0 Å². The fourth-order valence-corrected chi connectivity index (χ4v) is 3.47. The third-order valence-corrected chi connectivity index (χ3v) is 6.01. The monoisotopic (exact) mass is 340 g/mol. The van der Waals surface area contributed by atoms with Gasteiger partial charge >= 0.3 is 0 Å². The summed E-state index contributed by atoms with van der Waals surface area (Å²) in [7, 11) is 0. The van der Waals surface area contributed by atoms with Crippen molar-refractivity contribution < 1.29 is 20.4 Å². The summed E-state index contributed by atoms with van der Waals surface area (Å²) in [5.41, 5.74) is -0.732. The zero-order valence-electron chi connectivity index (χ0n) is 13.7. The molecule has 0 saturated carbocycles. The van der Waals surface area contributed by atoms with Gasteiger partial charge in [0.1, 0.15) is 27.2 Å². The molecule has 23 heavy (non-hydrogen) atoms. The average Bonchev–Trinajstić information content (AvgIpc) is 2.98. The van der Waals surface area contributed by atoms with Crippen LogP contribution in [0.3, 0.4) is 0 Å². The van der Waals surface area contributed by atoms with Gasteiger partial charge in [0.05, 0.1) is 6.61 Å². The predicted molar refractivity (Wildman–Crippen MR) is 91.2 cm³/mol. The minimum Gasteiger partial charge on any atom is -0.393 e. The molecule has 0 aliphatic carbocycles. The van der Waals surface area contributed by atoms with Crippen molar-refractivity contribution in [3.8, 4) is 0 Å². The number of hydrazone groups is 1. The Morgan fingerprint density at radius 1 is 1.13 bits per heavy atom. The highest BCUT2D eigenvalue weighted by molar-refractivity contribution is 8.15. The highest BCUT2D eigenvalue weighted by Crippen LogP contribution is 2.40. The van der Waals surface area contributed by atoms with E-state index in [1.54, 1.807) is 0 Å². The molecule has 0 amide bonds. The molecule has 1 aromatic rings. The van der Waals surface area contributed by atoms with E-state index in [4.69, 9.17) is 0 Å². The lowest BCUT2D eigenvalue weighted by Gasteiger charge is -2.48. The number of aliphatic hydroxyl groups is 4. The van der Waals surface area contributed by atoms with E-state index in [2.05, 4.69) is 10.5 Å². The zero-order chi connectivity index (χ0) is 17.5. The van der Waals surface area contributed by atoms with Crippen LogP contribution in [0.2, 0.25) is 0 Å². The third kappa shape index (κ3) is 3.12. The summed E-state index contributed by atoms with van der Waals surface area (Å²) in [6.45, 7) is 5.31. The normalized spacial score (nSPS) is 25.7. The Morgan fingerprint density at radius 2 is 1.70 bits per heavy atom. The lowest BCUT2D eigenvalue weighted by Crippen LogP contribution is -2.70. The summed E-state index contributed by atoms with van der Waals surface area (Å²) in [4.78, 5) is 0. The van der Waals surface area contributed by atoms with E-state index in [9.17, 15) is 20.4 Å². The van der Waals surface area contributed by atoms with Gasteiger partial charge in [-0.3, -0.25) is 5.43 Å². The van der Waals surface area contributed by atoms with Crippen LogP contribution >= 0.6 is 11.8 Å². The molecule has 1 heterocycles. The molecular formula is C16H24N2O4S. The van der Waals surface area contributed by atoms with E-state index in [0.29, 0.717) is 5.04 Å². The first-order valence-electron chi connectivity index (χ1n) is 7.38. The van der Waals surface area contributed by atoms with E-state index < -0.39 is 28.8 Å². The van der Waals surface area contributed by atoms with E-state index in [1.807, 2.05) is 31.2 Å². The average molecular weight is 340 g/mol. The van der Waals surface area contributed by atoms with Crippen LogP contribution in [0.5, 0.6) is 0 Å². The Labute approximate surface area is 140 Å². The first-order chi connectivity index (χ1) is 10.5. The third-order valence-electron chi connectivity index (χ3n) is 4.66. The van der Waals surface area contributed by atoms with Gasteiger partial charge in [-0.1, -0.05) is 41.6 Å². The minimum atomic E-state index is -1.96.